The van der Waals surface area contributed by atoms with Gasteiger partial charge in [-0.1, -0.05) is 11.6 Å². The van der Waals surface area contributed by atoms with E-state index >= 15 is 0 Å². The highest BCUT2D eigenvalue weighted by molar-refractivity contribution is 6.31. The Kier molecular flexibility index (Phi) is 3.71. The Labute approximate surface area is 127 Å². The Hall–Kier alpha value is -2.20. The number of hydrogen-bond donors (Lipinski definition) is 1. The molecule has 1 heterocycles. The van der Waals surface area contributed by atoms with Gasteiger partial charge in [-0.05, 0) is 43.3 Å². The van der Waals surface area contributed by atoms with Crippen LogP contribution in [0.5, 0.6) is 11.5 Å². The predicted octanol–water partition coefficient (Wildman–Crippen LogP) is 4.29. The zero-order valence-electron chi connectivity index (χ0n) is 11.8. The van der Waals surface area contributed by atoms with Crippen LogP contribution in [-0.4, -0.2) is 23.7 Å². The zero-order chi connectivity index (χ0) is 14.8. The summed E-state index contributed by atoms with van der Waals surface area (Å²) < 4.78 is 10.9. The Balaban J connectivity index is 2.07. The van der Waals surface area contributed by atoms with Crippen LogP contribution in [0.4, 0.5) is 0 Å². The van der Waals surface area contributed by atoms with Crippen molar-refractivity contribution in [1.82, 2.24) is 9.97 Å². The molecule has 2 aromatic carbocycles. The van der Waals surface area contributed by atoms with Crippen LogP contribution in [-0.2, 0) is 0 Å². The Morgan fingerprint density at radius 1 is 1.14 bits per heavy atom. The lowest BCUT2D eigenvalue weighted by Crippen LogP contribution is -1.95. The number of H-pyrrole nitrogens is 1. The van der Waals surface area contributed by atoms with Gasteiger partial charge >= 0.3 is 0 Å². The molecule has 0 aliphatic carbocycles. The fourth-order valence-corrected chi connectivity index (χ4v) is 2.38. The second-order valence-corrected chi connectivity index (χ2v) is 4.98. The molecule has 3 aromatic rings. The maximum Gasteiger partial charge on any atom is 0.161 e. The number of aromatic nitrogens is 2. The molecule has 0 radical (unpaired) electrons. The summed E-state index contributed by atoms with van der Waals surface area (Å²) in [4.78, 5) is 7.84. The van der Waals surface area contributed by atoms with Crippen molar-refractivity contribution >= 4 is 22.6 Å². The highest BCUT2D eigenvalue weighted by Crippen LogP contribution is 2.32. The first-order valence-electron chi connectivity index (χ1n) is 6.67. The van der Waals surface area contributed by atoms with Crippen molar-refractivity contribution in [2.45, 2.75) is 6.92 Å². The molecule has 0 spiro atoms. The third-order valence-electron chi connectivity index (χ3n) is 3.18. The van der Waals surface area contributed by atoms with Crippen LogP contribution >= 0.6 is 11.6 Å². The maximum atomic E-state index is 6.00. The number of methoxy groups -OCH3 is 1. The number of nitrogens with one attached hydrogen (secondary N) is 1. The number of halogens is 1. The predicted molar refractivity (Wildman–Crippen MR) is 84.3 cm³/mol. The first-order chi connectivity index (χ1) is 10.2. The molecule has 0 aliphatic heterocycles. The lowest BCUT2D eigenvalue weighted by Gasteiger charge is -2.10. The average Bonchev–Trinajstić information content (AvgIpc) is 2.90. The highest BCUT2D eigenvalue weighted by atomic mass is 35.5. The van der Waals surface area contributed by atoms with E-state index in [0.29, 0.717) is 23.1 Å². The highest BCUT2D eigenvalue weighted by Gasteiger charge is 2.10. The van der Waals surface area contributed by atoms with Gasteiger partial charge in [-0.25, -0.2) is 4.98 Å². The number of nitrogens with zero attached hydrogens (tertiary/aromatic N) is 1. The molecule has 21 heavy (non-hydrogen) atoms. The van der Waals surface area contributed by atoms with E-state index in [1.807, 2.05) is 43.3 Å². The van der Waals surface area contributed by atoms with E-state index < -0.39 is 0 Å². The van der Waals surface area contributed by atoms with Crippen LogP contribution in [0.25, 0.3) is 22.4 Å². The summed E-state index contributed by atoms with van der Waals surface area (Å²) in [6, 6.07) is 11.3. The molecule has 3 rings (SSSR count). The number of benzene rings is 2. The molecule has 0 bridgehead atoms. The normalized spacial score (nSPS) is 10.8. The van der Waals surface area contributed by atoms with E-state index in [4.69, 9.17) is 21.1 Å². The molecule has 0 saturated heterocycles. The van der Waals surface area contributed by atoms with Gasteiger partial charge < -0.3 is 14.5 Å². The number of rotatable bonds is 4. The van der Waals surface area contributed by atoms with Crippen molar-refractivity contribution in [3.8, 4) is 22.9 Å². The van der Waals surface area contributed by atoms with E-state index in [-0.39, 0.29) is 0 Å². The van der Waals surface area contributed by atoms with Gasteiger partial charge in [0.1, 0.15) is 5.82 Å². The fourth-order valence-electron chi connectivity index (χ4n) is 2.21. The molecular weight excluding hydrogens is 288 g/mol. The average molecular weight is 303 g/mol. The lowest BCUT2D eigenvalue weighted by molar-refractivity contribution is 0.311. The molecule has 0 aliphatic rings. The van der Waals surface area contributed by atoms with Gasteiger partial charge in [0.15, 0.2) is 11.5 Å². The zero-order valence-corrected chi connectivity index (χ0v) is 12.6. The van der Waals surface area contributed by atoms with Crippen molar-refractivity contribution in [2.24, 2.45) is 0 Å². The number of fused-ring (bicyclic) bond motifs is 1. The van der Waals surface area contributed by atoms with E-state index in [0.717, 1.165) is 22.4 Å². The number of imidazole rings is 1. The molecule has 0 atom stereocenters. The molecule has 1 N–H and O–H groups in total. The third-order valence-corrected chi connectivity index (χ3v) is 3.42. The van der Waals surface area contributed by atoms with Gasteiger partial charge in [0.2, 0.25) is 0 Å². The molecule has 0 amide bonds. The summed E-state index contributed by atoms with van der Waals surface area (Å²) in [7, 11) is 1.63. The summed E-state index contributed by atoms with van der Waals surface area (Å²) >= 11 is 6.00. The minimum Gasteiger partial charge on any atom is -0.493 e. The van der Waals surface area contributed by atoms with Gasteiger partial charge in [-0.15, -0.1) is 0 Å². The largest absolute Gasteiger partial charge is 0.493 e. The van der Waals surface area contributed by atoms with Crippen LogP contribution < -0.4 is 9.47 Å². The van der Waals surface area contributed by atoms with E-state index in [9.17, 15) is 0 Å². The summed E-state index contributed by atoms with van der Waals surface area (Å²) in [5, 5.41) is 0.683. The summed E-state index contributed by atoms with van der Waals surface area (Å²) in [6.07, 6.45) is 0. The van der Waals surface area contributed by atoms with Crippen LogP contribution in [0, 0.1) is 0 Å². The van der Waals surface area contributed by atoms with Gasteiger partial charge in [-0.3, -0.25) is 0 Å². The van der Waals surface area contributed by atoms with E-state index in [1.54, 1.807) is 7.11 Å². The molecule has 4 nitrogen and oxygen atoms in total. The summed E-state index contributed by atoms with van der Waals surface area (Å²) in [5.41, 5.74) is 2.72. The monoisotopic (exact) mass is 302 g/mol. The Morgan fingerprint density at radius 2 is 2.00 bits per heavy atom. The summed E-state index contributed by atoms with van der Waals surface area (Å²) in [6.45, 7) is 2.52. The minimum atomic E-state index is 0.579. The van der Waals surface area contributed by atoms with Gasteiger partial charge in [0.05, 0.1) is 24.8 Å². The fraction of sp³-hybridized carbons (Fsp3) is 0.188. The molecule has 0 unspecified atom stereocenters. The topological polar surface area (TPSA) is 47.1 Å². The Morgan fingerprint density at radius 3 is 2.76 bits per heavy atom. The van der Waals surface area contributed by atoms with Crippen molar-refractivity contribution in [1.29, 1.82) is 0 Å². The van der Waals surface area contributed by atoms with Crippen LogP contribution in [0.15, 0.2) is 36.4 Å². The molecule has 0 saturated carbocycles. The van der Waals surface area contributed by atoms with Crippen molar-refractivity contribution in [3.05, 3.63) is 41.4 Å². The van der Waals surface area contributed by atoms with E-state index in [1.165, 1.54) is 0 Å². The lowest BCUT2D eigenvalue weighted by atomic mass is 10.2. The smallest absolute Gasteiger partial charge is 0.161 e. The van der Waals surface area contributed by atoms with Gasteiger partial charge in [-0.2, -0.15) is 0 Å². The van der Waals surface area contributed by atoms with Crippen LogP contribution in [0.1, 0.15) is 6.92 Å². The number of ether oxygens (including phenoxy) is 2. The standard InChI is InChI=1S/C16H15ClN2O2/c1-3-21-15-8-10(4-7-14(15)20-2)16-18-12-6-5-11(17)9-13(12)19-16/h4-9H,3H2,1-2H3,(H,18,19). The molecular formula is C16H15ClN2O2. The molecule has 108 valence electrons. The first kappa shape index (κ1) is 13.8. The minimum absolute atomic E-state index is 0.579. The van der Waals surface area contributed by atoms with Crippen molar-refractivity contribution in [2.75, 3.05) is 13.7 Å². The third kappa shape index (κ3) is 2.67. The molecule has 1 aromatic heterocycles. The Bertz CT molecular complexity index is 783. The number of hydrogen-bond acceptors (Lipinski definition) is 3. The van der Waals surface area contributed by atoms with Gasteiger partial charge in [0.25, 0.3) is 0 Å². The maximum absolute atomic E-state index is 6.00. The second kappa shape index (κ2) is 5.66. The quantitative estimate of drug-likeness (QED) is 0.782. The van der Waals surface area contributed by atoms with Gasteiger partial charge in [0, 0.05) is 10.6 Å². The second-order valence-electron chi connectivity index (χ2n) is 4.55. The molecule has 0 fully saturated rings. The van der Waals surface area contributed by atoms with Crippen LogP contribution in [0.3, 0.4) is 0 Å². The van der Waals surface area contributed by atoms with Crippen molar-refractivity contribution < 1.29 is 9.47 Å². The van der Waals surface area contributed by atoms with Crippen LogP contribution in [0.2, 0.25) is 5.02 Å². The SMILES string of the molecule is CCOc1cc(-c2nc3ccc(Cl)cc3[nH]2)ccc1OC. The molecule has 5 heteroatoms. The summed E-state index contributed by atoms with van der Waals surface area (Å²) in [5.74, 6) is 2.19. The van der Waals surface area contributed by atoms with E-state index in [2.05, 4.69) is 9.97 Å². The first-order valence-corrected chi connectivity index (χ1v) is 7.05. The van der Waals surface area contributed by atoms with Crippen molar-refractivity contribution in [3.63, 3.8) is 0 Å². The number of aromatic amines is 1.